The predicted octanol–water partition coefficient (Wildman–Crippen LogP) is 2.07. The Morgan fingerprint density at radius 1 is 1.27 bits per heavy atom. The van der Waals surface area contributed by atoms with Gasteiger partial charge in [-0.15, -0.1) is 0 Å². The van der Waals surface area contributed by atoms with Crippen LogP contribution in [0.4, 0.5) is 11.6 Å². The highest BCUT2D eigenvalue weighted by Gasteiger charge is 1.96. The quantitative estimate of drug-likeness (QED) is 0.697. The third kappa shape index (κ3) is 4.88. The highest BCUT2D eigenvalue weighted by molar-refractivity contribution is 7.98. The molecule has 0 amide bonds. The molecule has 1 heterocycles. The SMILES string of the molecule is CCNc1cncc(NCCCSC)n1. The molecule has 0 aliphatic rings. The summed E-state index contributed by atoms with van der Waals surface area (Å²) in [6, 6.07) is 0. The van der Waals surface area contributed by atoms with Gasteiger partial charge in [0.15, 0.2) is 0 Å². The first-order valence-electron chi connectivity index (χ1n) is 5.15. The lowest BCUT2D eigenvalue weighted by atomic mass is 10.5. The molecule has 1 aromatic rings. The minimum absolute atomic E-state index is 0.826. The van der Waals surface area contributed by atoms with Crippen molar-refractivity contribution in [3.63, 3.8) is 0 Å². The van der Waals surface area contributed by atoms with Crippen LogP contribution in [0.1, 0.15) is 13.3 Å². The van der Waals surface area contributed by atoms with Crippen LogP contribution in [0.3, 0.4) is 0 Å². The van der Waals surface area contributed by atoms with E-state index in [1.807, 2.05) is 18.7 Å². The van der Waals surface area contributed by atoms with Crippen molar-refractivity contribution in [2.45, 2.75) is 13.3 Å². The number of nitrogens with one attached hydrogen (secondary N) is 2. The van der Waals surface area contributed by atoms with Crippen LogP contribution in [0, 0.1) is 0 Å². The van der Waals surface area contributed by atoms with E-state index in [-0.39, 0.29) is 0 Å². The van der Waals surface area contributed by atoms with Gasteiger partial charge in [0.1, 0.15) is 11.6 Å². The number of hydrogen-bond acceptors (Lipinski definition) is 5. The van der Waals surface area contributed by atoms with Crippen molar-refractivity contribution >= 4 is 23.4 Å². The second-order valence-corrected chi connectivity index (χ2v) is 4.08. The number of rotatable bonds is 7. The molecule has 0 saturated heterocycles. The Kier molecular flexibility index (Phi) is 5.92. The van der Waals surface area contributed by atoms with E-state index in [1.54, 1.807) is 12.4 Å². The normalized spacial score (nSPS) is 10.0. The van der Waals surface area contributed by atoms with E-state index in [9.17, 15) is 0 Å². The van der Waals surface area contributed by atoms with Gasteiger partial charge in [0.05, 0.1) is 12.4 Å². The molecule has 0 unspecified atom stereocenters. The zero-order chi connectivity index (χ0) is 10.9. The standard InChI is InChI=1S/C10H18N4S/c1-3-12-9-7-11-8-10(14-9)13-5-4-6-15-2/h7-8H,3-6H2,1-2H3,(H2,12,13,14). The summed E-state index contributed by atoms with van der Waals surface area (Å²) >= 11 is 1.86. The van der Waals surface area contributed by atoms with Crippen molar-refractivity contribution in [3.05, 3.63) is 12.4 Å². The van der Waals surface area contributed by atoms with Crippen LogP contribution in [-0.2, 0) is 0 Å². The van der Waals surface area contributed by atoms with Gasteiger partial charge in [-0.25, -0.2) is 4.98 Å². The van der Waals surface area contributed by atoms with E-state index >= 15 is 0 Å². The van der Waals surface area contributed by atoms with Gasteiger partial charge in [-0.05, 0) is 25.4 Å². The lowest BCUT2D eigenvalue weighted by molar-refractivity contribution is 0.975. The molecule has 0 aliphatic carbocycles. The number of thioether (sulfide) groups is 1. The van der Waals surface area contributed by atoms with Crippen LogP contribution in [0.2, 0.25) is 0 Å². The smallest absolute Gasteiger partial charge is 0.146 e. The third-order valence-corrected chi connectivity index (χ3v) is 2.52. The van der Waals surface area contributed by atoms with Crippen LogP contribution in [0.25, 0.3) is 0 Å². The monoisotopic (exact) mass is 226 g/mol. The Bertz CT molecular complexity index is 280. The number of nitrogens with zero attached hydrogens (tertiary/aromatic N) is 2. The van der Waals surface area contributed by atoms with Crippen LogP contribution < -0.4 is 10.6 Å². The number of aromatic nitrogens is 2. The van der Waals surface area contributed by atoms with Crippen LogP contribution in [0.15, 0.2) is 12.4 Å². The first-order chi connectivity index (χ1) is 7.36. The van der Waals surface area contributed by atoms with Crippen molar-refractivity contribution in [1.29, 1.82) is 0 Å². The minimum Gasteiger partial charge on any atom is -0.369 e. The summed E-state index contributed by atoms with van der Waals surface area (Å²) in [6.07, 6.45) is 6.75. The molecule has 1 rings (SSSR count). The summed E-state index contributed by atoms with van der Waals surface area (Å²) in [5.41, 5.74) is 0. The topological polar surface area (TPSA) is 49.8 Å². The Balaban J connectivity index is 2.36. The molecule has 0 bridgehead atoms. The van der Waals surface area contributed by atoms with Gasteiger partial charge in [0.25, 0.3) is 0 Å². The molecule has 0 radical (unpaired) electrons. The molecule has 0 aromatic carbocycles. The molecule has 0 fully saturated rings. The second-order valence-electron chi connectivity index (χ2n) is 3.09. The number of hydrogen-bond donors (Lipinski definition) is 2. The molecule has 4 nitrogen and oxygen atoms in total. The first-order valence-corrected chi connectivity index (χ1v) is 6.55. The highest BCUT2D eigenvalue weighted by atomic mass is 32.2. The first kappa shape index (κ1) is 12.1. The van der Waals surface area contributed by atoms with Gasteiger partial charge >= 0.3 is 0 Å². The van der Waals surface area contributed by atoms with Gasteiger partial charge < -0.3 is 10.6 Å². The maximum atomic E-state index is 4.37. The van der Waals surface area contributed by atoms with E-state index in [0.29, 0.717) is 0 Å². The molecular formula is C10H18N4S. The lowest BCUT2D eigenvalue weighted by Crippen LogP contribution is -2.07. The average molecular weight is 226 g/mol. The Hall–Kier alpha value is -0.970. The molecule has 5 heteroatoms. The maximum Gasteiger partial charge on any atom is 0.146 e. The van der Waals surface area contributed by atoms with Crippen LogP contribution >= 0.6 is 11.8 Å². The van der Waals surface area contributed by atoms with E-state index in [4.69, 9.17) is 0 Å². The zero-order valence-corrected chi connectivity index (χ0v) is 10.1. The molecule has 15 heavy (non-hydrogen) atoms. The zero-order valence-electron chi connectivity index (χ0n) is 9.29. The van der Waals surface area contributed by atoms with Crippen molar-refractivity contribution in [2.24, 2.45) is 0 Å². The molecule has 2 N–H and O–H groups in total. The molecular weight excluding hydrogens is 208 g/mol. The van der Waals surface area contributed by atoms with Crippen molar-refractivity contribution in [2.75, 3.05) is 35.7 Å². The summed E-state index contributed by atoms with van der Waals surface area (Å²) in [6.45, 7) is 3.86. The molecule has 84 valence electrons. The fourth-order valence-electron chi connectivity index (χ4n) is 1.15. The van der Waals surface area contributed by atoms with E-state index in [1.165, 1.54) is 5.75 Å². The molecule has 0 spiro atoms. The molecule has 0 atom stereocenters. The second kappa shape index (κ2) is 7.34. The maximum absolute atomic E-state index is 4.37. The Morgan fingerprint density at radius 2 is 2.00 bits per heavy atom. The summed E-state index contributed by atoms with van der Waals surface area (Å²) in [5, 5.41) is 6.38. The van der Waals surface area contributed by atoms with Gasteiger partial charge in [-0.2, -0.15) is 11.8 Å². The van der Waals surface area contributed by atoms with Crippen molar-refractivity contribution in [3.8, 4) is 0 Å². The van der Waals surface area contributed by atoms with Crippen molar-refractivity contribution < 1.29 is 0 Å². The summed E-state index contributed by atoms with van der Waals surface area (Å²) in [4.78, 5) is 8.48. The van der Waals surface area contributed by atoms with E-state index in [0.717, 1.165) is 31.1 Å². The summed E-state index contributed by atoms with van der Waals surface area (Å²) in [5.74, 6) is 2.84. The fraction of sp³-hybridized carbons (Fsp3) is 0.600. The molecule has 0 saturated carbocycles. The Labute approximate surface area is 95.3 Å². The van der Waals surface area contributed by atoms with Crippen LogP contribution in [-0.4, -0.2) is 35.1 Å². The fourth-order valence-corrected chi connectivity index (χ4v) is 1.58. The van der Waals surface area contributed by atoms with Crippen LogP contribution in [0.5, 0.6) is 0 Å². The van der Waals surface area contributed by atoms with Gasteiger partial charge in [-0.3, -0.25) is 4.98 Å². The van der Waals surface area contributed by atoms with Gasteiger partial charge in [0.2, 0.25) is 0 Å². The lowest BCUT2D eigenvalue weighted by Gasteiger charge is -2.06. The summed E-state index contributed by atoms with van der Waals surface area (Å²) < 4.78 is 0. The average Bonchev–Trinajstić information content (AvgIpc) is 2.26. The predicted molar refractivity (Wildman–Crippen MR) is 67.7 cm³/mol. The largest absolute Gasteiger partial charge is 0.369 e. The molecule has 0 aliphatic heterocycles. The Morgan fingerprint density at radius 3 is 2.67 bits per heavy atom. The van der Waals surface area contributed by atoms with Crippen molar-refractivity contribution in [1.82, 2.24) is 9.97 Å². The summed E-state index contributed by atoms with van der Waals surface area (Å²) in [7, 11) is 0. The van der Waals surface area contributed by atoms with Gasteiger partial charge in [-0.1, -0.05) is 0 Å². The third-order valence-electron chi connectivity index (χ3n) is 1.82. The van der Waals surface area contributed by atoms with Gasteiger partial charge in [0, 0.05) is 13.1 Å². The highest BCUT2D eigenvalue weighted by Crippen LogP contribution is 2.06. The molecule has 1 aromatic heterocycles. The number of anilines is 2. The minimum atomic E-state index is 0.826. The van der Waals surface area contributed by atoms with E-state index in [2.05, 4.69) is 26.9 Å². The van der Waals surface area contributed by atoms with E-state index < -0.39 is 0 Å².